The van der Waals surface area contributed by atoms with Gasteiger partial charge in [0.25, 0.3) is 0 Å². The number of methoxy groups -OCH3 is 1. The molecule has 0 bridgehead atoms. The minimum atomic E-state index is -5.20. The molecule has 0 fully saturated rings. The van der Waals surface area contributed by atoms with Crippen molar-refractivity contribution in [3.63, 3.8) is 0 Å². The number of aromatic nitrogens is 1. The Bertz CT molecular complexity index is 1400. The van der Waals surface area contributed by atoms with Crippen LogP contribution < -0.4 is 15.2 Å². The summed E-state index contributed by atoms with van der Waals surface area (Å²) in [5.41, 5.74) is 1.83. The fraction of sp³-hybridized carbons (Fsp3) is 0.400. The second-order valence-electron chi connectivity index (χ2n) is 10.6. The van der Waals surface area contributed by atoms with E-state index >= 15 is 0 Å². The Kier molecular flexibility index (Phi) is 9.47. The van der Waals surface area contributed by atoms with Gasteiger partial charge in [-0.15, -0.1) is 0 Å². The number of nitrogens with zero attached hydrogens (tertiary/aromatic N) is 1. The van der Waals surface area contributed by atoms with Gasteiger partial charge in [-0.25, -0.2) is 9.37 Å². The minimum absolute atomic E-state index is 0.0343. The van der Waals surface area contributed by atoms with Gasteiger partial charge in [-0.1, -0.05) is 0 Å². The molecule has 3 rings (SSSR count). The maximum absolute atomic E-state index is 14.5. The molecule has 41 heavy (non-hydrogen) atoms. The van der Waals surface area contributed by atoms with E-state index in [0.29, 0.717) is 5.56 Å². The molecule has 1 aromatic heterocycles. The Morgan fingerprint density at radius 3 is 2.32 bits per heavy atom. The van der Waals surface area contributed by atoms with E-state index in [2.05, 4.69) is 4.98 Å². The van der Waals surface area contributed by atoms with Crippen molar-refractivity contribution < 1.29 is 42.0 Å². The molecule has 7 nitrogen and oxygen atoms in total. The van der Waals surface area contributed by atoms with Crippen molar-refractivity contribution in [3.8, 4) is 22.8 Å². The van der Waals surface area contributed by atoms with E-state index in [1.54, 1.807) is 13.8 Å². The standard InChI is InChI=1S/C30H34F4N2O5/c1-17-12-19(6-8-22(17)31)23-14-21(28(3,4)35)15-27(36-23)29(39,30(32,33)34)11-10-24(38)20-7-9-25(26(13-20)40-5)41-16-18(2)37/h6-9,12-15,18,37,39H,10-11,16,35H2,1-5H3/t18-,29+/m1/s1. The predicted octanol–water partition coefficient (Wildman–Crippen LogP) is 5.57. The van der Waals surface area contributed by atoms with Crippen LogP contribution in [0.2, 0.25) is 0 Å². The summed E-state index contributed by atoms with van der Waals surface area (Å²) < 4.78 is 68.0. The third-order valence-corrected chi connectivity index (χ3v) is 6.60. The Hall–Kier alpha value is -3.54. The van der Waals surface area contributed by atoms with E-state index in [1.807, 2.05) is 0 Å². The smallest absolute Gasteiger partial charge is 0.422 e. The number of nitrogens with two attached hydrogens (primary N) is 1. The number of rotatable bonds is 11. The van der Waals surface area contributed by atoms with Crippen molar-refractivity contribution in [3.05, 3.63) is 76.7 Å². The lowest BCUT2D eigenvalue weighted by atomic mass is 9.86. The van der Waals surface area contributed by atoms with Crippen molar-refractivity contribution >= 4 is 5.78 Å². The van der Waals surface area contributed by atoms with Crippen LogP contribution >= 0.6 is 0 Å². The van der Waals surface area contributed by atoms with Crippen molar-refractivity contribution in [1.82, 2.24) is 4.98 Å². The number of halogens is 4. The van der Waals surface area contributed by atoms with Crippen molar-refractivity contribution in [2.24, 2.45) is 5.73 Å². The summed E-state index contributed by atoms with van der Waals surface area (Å²) in [6, 6.07) is 10.6. The van der Waals surface area contributed by atoms with Crippen LogP contribution in [0, 0.1) is 12.7 Å². The van der Waals surface area contributed by atoms with Crippen LogP contribution in [0.4, 0.5) is 17.6 Å². The average molecular weight is 579 g/mol. The van der Waals surface area contributed by atoms with Crippen LogP contribution in [0.25, 0.3) is 11.3 Å². The molecule has 0 aliphatic rings. The van der Waals surface area contributed by atoms with E-state index in [9.17, 15) is 32.6 Å². The third-order valence-electron chi connectivity index (χ3n) is 6.60. The number of aliphatic hydroxyl groups is 2. The average Bonchev–Trinajstić information content (AvgIpc) is 2.90. The highest BCUT2D eigenvalue weighted by Crippen LogP contribution is 2.43. The Balaban J connectivity index is 2.00. The number of aliphatic hydroxyl groups excluding tert-OH is 1. The molecule has 3 aromatic rings. The van der Waals surface area contributed by atoms with Crippen LogP contribution in [0.15, 0.2) is 48.5 Å². The number of aryl methyl sites for hydroxylation is 1. The fourth-order valence-electron chi connectivity index (χ4n) is 4.09. The van der Waals surface area contributed by atoms with E-state index in [-0.39, 0.29) is 40.5 Å². The van der Waals surface area contributed by atoms with Crippen LogP contribution in [-0.2, 0) is 11.1 Å². The molecular formula is C30H34F4N2O5. The van der Waals surface area contributed by atoms with Gasteiger partial charge >= 0.3 is 6.18 Å². The molecule has 0 aliphatic heterocycles. The van der Waals surface area contributed by atoms with Gasteiger partial charge in [0.05, 0.1) is 24.6 Å². The van der Waals surface area contributed by atoms with Gasteiger partial charge in [0.2, 0.25) is 5.60 Å². The summed E-state index contributed by atoms with van der Waals surface area (Å²) in [5, 5.41) is 20.6. The summed E-state index contributed by atoms with van der Waals surface area (Å²) in [5.74, 6) is -0.779. The molecule has 1 heterocycles. The first kappa shape index (κ1) is 32.0. The van der Waals surface area contributed by atoms with Crippen LogP contribution in [0.5, 0.6) is 11.5 Å². The highest BCUT2D eigenvalue weighted by molar-refractivity contribution is 5.96. The number of hydrogen-bond donors (Lipinski definition) is 3. The maximum Gasteiger partial charge on any atom is 0.422 e. The van der Waals surface area contributed by atoms with Crippen molar-refractivity contribution in [1.29, 1.82) is 0 Å². The highest BCUT2D eigenvalue weighted by atomic mass is 19.4. The van der Waals surface area contributed by atoms with Gasteiger partial charge < -0.3 is 25.4 Å². The number of ketones is 1. The number of benzene rings is 2. The molecule has 0 radical (unpaired) electrons. The molecule has 0 amide bonds. The number of alkyl halides is 3. The molecule has 0 aliphatic carbocycles. The molecule has 4 N–H and O–H groups in total. The highest BCUT2D eigenvalue weighted by Gasteiger charge is 2.56. The molecular weight excluding hydrogens is 544 g/mol. The van der Waals surface area contributed by atoms with Crippen LogP contribution in [-0.4, -0.2) is 47.0 Å². The Morgan fingerprint density at radius 2 is 1.76 bits per heavy atom. The molecule has 2 aromatic carbocycles. The number of pyridine rings is 1. The van der Waals surface area contributed by atoms with Crippen molar-refractivity contribution in [2.75, 3.05) is 13.7 Å². The largest absolute Gasteiger partial charge is 0.493 e. The number of carbonyl (C=O) groups excluding carboxylic acids is 1. The Morgan fingerprint density at radius 1 is 1.07 bits per heavy atom. The first-order valence-corrected chi connectivity index (χ1v) is 12.9. The first-order valence-electron chi connectivity index (χ1n) is 12.9. The van der Waals surface area contributed by atoms with Crippen molar-refractivity contribution in [2.45, 2.75) is 64.0 Å². The number of carbonyl (C=O) groups is 1. The summed E-state index contributed by atoms with van der Waals surface area (Å²) in [7, 11) is 1.33. The van der Waals surface area contributed by atoms with Gasteiger partial charge in [-0.2, -0.15) is 13.2 Å². The van der Waals surface area contributed by atoms with E-state index in [1.165, 1.54) is 63.4 Å². The minimum Gasteiger partial charge on any atom is -0.493 e. The molecule has 0 saturated carbocycles. The molecule has 2 atom stereocenters. The molecule has 0 saturated heterocycles. The topological polar surface area (TPSA) is 115 Å². The maximum atomic E-state index is 14.5. The zero-order valence-electron chi connectivity index (χ0n) is 23.5. The quantitative estimate of drug-likeness (QED) is 0.201. The fourth-order valence-corrected chi connectivity index (χ4v) is 4.09. The zero-order valence-corrected chi connectivity index (χ0v) is 23.5. The van der Waals surface area contributed by atoms with Gasteiger partial charge in [0, 0.05) is 23.1 Å². The molecule has 222 valence electrons. The lowest BCUT2D eigenvalue weighted by molar-refractivity contribution is -0.270. The lowest BCUT2D eigenvalue weighted by Gasteiger charge is -2.32. The molecule has 0 unspecified atom stereocenters. The van der Waals surface area contributed by atoms with E-state index in [0.717, 1.165) is 6.07 Å². The molecule has 0 spiro atoms. The summed E-state index contributed by atoms with van der Waals surface area (Å²) in [6.07, 6.45) is -7.67. The third kappa shape index (κ3) is 7.41. The second-order valence-corrected chi connectivity index (χ2v) is 10.6. The molecule has 11 heteroatoms. The number of Topliss-reactive ketones (excluding diaryl/α,β-unsaturated/α-hetero) is 1. The lowest BCUT2D eigenvalue weighted by Crippen LogP contribution is -2.44. The Labute approximate surface area is 235 Å². The number of hydrogen-bond acceptors (Lipinski definition) is 7. The summed E-state index contributed by atoms with van der Waals surface area (Å²) in [6.45, 7) is 6.17. The second kappa shape index (κ2) is 12.1. The van der Waals surface area contributed by atoms with Gasteiger partial charge in [0.15, 0.2) is 17.3 Å². The normalized spacial score (nSPS) is 14.3. The monoisotopic (exact) mass is 578 g/mol. The zero-order chi connectivity index (χ0) is 30.8. The van der Waals surface area contributed by atoms with Gasteiger partial charge in [-0.3, -0.25) is 4.79 Å². The van der Waals surface area contributed by atoms with E-state index < -0.39 is 53.6 Å². The van der Waals surface area contributed by atoms with Gasteiger partial charge in [-0.05, 0) is 93.8 Å². The van der Waals surface area contributed by atoms with E-state index in [4.69, 9.17) is 15.2 Å². The van der Waals surface area contributed by atoms with Crippen LogP contribution in [0.3, 0.4) is 0 Å². The summed E-state index contributed by atoms with van der Waals surface area (Å²) >= 11 is 0. The summed E-state index contributed by atoms with van der Waals surface area (Å²) in [4.78, 5) is 17.1. The predicted molar refractivity (Wildman–Crippen MR) is 145 cm³/mol. The van der Waals surface area contributed by atoms with Crippen LogP contribution in [0.1, 0.15) is 60.8 Å². The van der Waals surface area contributed by atoms with Gasteiger partial charge in [0.1, 0.15) is 12.4 Å². The SMILES string of the molecule is COc1cc(C(=O)CC[C@](O)(c2cc(C(C)(C)N)cc(-c3ccc(F)c(C)c3)n2)C(F)(F)F)ccc1OC[C@@H](C)O. The first-order chi connectivity index (χ1) is 19.0. The number of ether oxygens (including phenoxy) is 2.